The number of aryl methyl sites for hydroxylation is 1. The molecular formula is C21H21N3O2. The van der Waals surface area contributed by atoms with Gasteiger partial charge in [-0.1, -0.05) is 17.3 Å². The molecule has 0 unspecified atom stereocenters. The Bertz CT molecular complexity index is 900. The van der Waals surface area contributed by atoms with E-state index in [-0.39, 0.29) is 0 Å². The monoisotopic (exact) mass is 347 g/mol. The topological polar surface area (TPSA) is 48.6 Å². The highest BCUT2D eigenvalue weighted by Crippen LogP contribution is 2.26. The molecule has 5 heteroatoms. The number of fused-ring (bicyclic) bond motifs is 1. The number of oxime groups is 1. The first kappa shape index (κ1) is 16.4. The van der Waals surface area contributed by atoms with Gasteiger partial charge in [0.25, 0.3) is 0 Å². The lowest BCUT2D eigenvalue weighted by Gasteiger charge is -2.18. The molecule has 0 saturated carbocycles. The molecule has 0 bridgehead atoms. The van der Waals surface area contributed by atoms with E-state index in [2.05, 4.69) is 22.4 Å². The van der Waals surface area contributed by atoms with E-state index in [9.17, 15) is 0 Å². The Balaban J connectivity index is 1.43. The van der Waals surface area contributed by atoms with Gasteiger partial charge in [0.05, 0.1) is 18.5 Å². The summed E-state index contributed by atoms with van der Waals surface area (Å²) in [6.45, 7) is 0.453. The maximum absolute atomic E-state index is 5.64. The second-order valence-corrected chi connectivity index (χ2v) is 6.31. The number of rotatable bonds is 5. The first-order valence-electron chi connectivity index (χ1n) is 8.78. The van der Waals surface area contributed by atoms with E-state index in [0.717, 1.165) is 42.0 Å². The zero-order valence-electron chi connectivity index (χ0n) is 14.8. The van der Waals surface area contributed by atoms with Crippen molar-refractivity contribution in [2.45, 2.75) is 25.9 Å². The zero-order chi connectivity index (χ0) is 17.8. The summed E-state index contributed by atoms with van der Waals surface area (Å²) >= 11 is 0. The molecule has 3 aromatic rings. The molecule has 1 aliphatic rings. The Morgan fingerprint density at radius 3 is 2.77 bits per heavy atom. The highest BCUT2D eigenvalue weighted by atomic mass is 16.6. The van der Waals surface area contributed by atoms with Crippen LogP contribution >= 0.6 is 0 Å². The van der Waals surface area contributed by atoms with Gasteiger partial charge in [0.15, 0.2) is 0 Å². The van der Waals surface area contributed by atoms with Gasteiger partial charge in [-0.2, -0.15) is 5.10 Å². The van der Waals surface area contributed by atoms with Crippen molar-refractivity contribution >= 4 is 5.71 Å². The fourth-order valence-corrected chi connectivity index (χ4v) is 3.21. The van der Waals surface area contributed by atoms with E-state index in [1.54, 1.807) is 13.3 Å². The molecule has 0 atom stereocenters. The molecule has 26 heavy (non-hydrogen) atoms. The maximum atomic E-state index is 5.64. The maximum Gasteiger partial charge on any atom is 0.142 e. The average Bonchev–Trinajstić information content (AvgIpc) is 3.23. The third kappa shape index (κ3) is 3.47. The van der Waals surface area contributed by atoms with Crippen LogP contribution in [0.4, 0.5) is 0 Å². The van der Waals surface area contributed by atoms with Gasteiger partial charge in [-0.05, 0) is 66.8 Å². The number of hydrogen-bond acceptors (Lipinski definition) is 4. The number of benzene rings is 2. The lowest BCUT2D eigenvalue weighted by Crippen LogP contribution is -2.12. The Labute approximate surface area is 152 Å². The summed E-state index contributed by atoms with van der Waals surface area (Å²) in [6, 6.07) is 16.2. The van der Waals surface area contributed by atoms with E-state index in [1.165, 1.54) is 11.1 Å². The molecule has 0 saturated heterocycles. The number of ether oxygens (including phenoxy) is 1. The Morgan fingerprint density at radius 2 is 2.00 bits per heavy atom. The summed E-state index contributed by atoms with van der Waals surface area (Å²) in [7, 11) is 1.69. The molecule has 1 heterocycles. The van der Waals surface area contributed by atoms with Crippen molar-refractivity contribution in [1.82, 2.24) is 9.78 Å². The van der Waals surface area contributed by atoms with Gasteiger partial charge >= 0.3 is 0 Å². The smallest absolute Gasteiger partial charge is 0.142 e. The van der Waals surface area contributed by atoms with Crippen LogP contribution in [0.15, 0.2) is 66.1 Å². The highest BCUT2D eigenvalue weighted by molar-refractivity contribution is 6.02. The van der Waals surface area contributed by atoms with Crippen molar-refractivity contribution in [3.63, 3.8) is 0 Å². The first-order chi connectivity index (χ1) is 12.8. The third-order valence-corrected chi connectivity index (χ3v) is 4.59. The summed E-state index contributed by atoms with van der Waals surface area (Å²) < 4.78 is 7.15. The minimum Gasteiger partial charge on any atom is -0.497 e. The molecule has 0 N–H and O–H groups in total. The summed E-state index contributed by atoms with van der Waals surface area (Å²) in [5.74, 6) is 0.892. The summed E-state index contributed by atoms with van der Waals surface area (Å²) in [6.07, 6.45) is 6.77. The zero-order valence-corrected chi connectivity index (χ0v) is 14.8. The lowest BCUT2D eigenvalue weighted by atomic mass is 9.90. The standard InChI is InChI=1S/C21H21N3O2/c1-25-19-10-11-20-17(14-19)4-2-5-21(20)23-26-15-16-6-8-18(9-7-16)24-13-3-12-22-24/h3,6-14H,2,4-5,15H2,1H3. The second-order valence-electron chi connectivity index (χ2n) is 6.31. The van der Waals surface area contributed by atoms with Crippen molar-refractivity contribution in [2.75, 3.05) is 7.11 Å². The van der Waals surface area contributed by atoms with Gasteiger partial charge < -0.3 is 9.57 Å². The van der Waals surface area contributed by atoms with Gasteiger partial charge in [-0.25, -0.2) is 4.68 Å². The molecule has 1 aromatic heterocycles. The van der Waals surface area contributed by atoms with Crippen molar-refractivity contribution < 1.29 is 9.57 Å². The molecule has 4 rings (SSSR count). The Kier molecular flexibility index (Phi) is 4.69. The van der Waals surface area contributed by atoms with Gasteiger partial charge in [-0.15, -0.1) is 0 Å². The van der Waals surface area contributed by atoms with E-state index in [4.69, 9.17) is 9.57 Å². The normalized spacial score (nSPS) is 14.9. The molecule has 0 fully saturated rings. The number of aromatic nitrogens is 2. The molecule has 0 radical (unpaired) electrons. The predicted octanol–water partition coefficient (Wildman–Crippen LogP) is 4.14. The lowest BCUT2D eigenvalue weighted by molar-refractivity contribution is 0.130. The SMILES string of the molecule is COc1ccc2c(c1)CCCC2=NOCc1ccc(-n2cccn2)cc1. The predicted molar refractivity (Wildman–Crippen MR) is 101 cm³/mol. The molecule has 5 nitrogen and oxygen atoms in total. The van der Waals surface area contributed by atoms with Crippen LogP contribution in [0.25, 0.3) is 5.69 Å². The highest BCUT2D eigenvalue weighted by Gasteiger charge is 2.16. The van der Waals surface area contributed by atoms with Crippen molar-refractivity contribution in [3.05, 3.63) is 77.6 Å². The van der Waals surface area contributed by atoms with E-state index in [1.807, 2.05) is 47.3 Å². The molecule has 0 spiro atoms. The van der Waals surface area contributed by atoms with Crippen LogP contribution in [0.1, 0.15) is 29.5 Å². The van der Waals surface area contributed by atoms with Crippen LogP contribution < -0.4 is 4.74 Å². The molecule has 132 valence electrons. The molecule has 2 aromatic carbocycles. The van der Waals surface area contributed by atoms with Gasteiger partial charge in [0.1, 0.15) is 12.4 Å². The fraction of sp³-hybridized carbons (Fsp3) is 0.238. The Morgan fingerprint density at radius 1 is 1.12 bits per heavy atom. The quantitative estimate of drug-likeness (QED) is 0.652. The van der Waals surface area contributed by atoms with E-state index >= 15 is 0 Å². The summed E-state index contributed by atoms with van der Waals surface area (Å²) in [4.78, 5) is 5.64. The van der Waals surface area contributed by atoms with Crippen LogP contribution in [0.3, 0.4) is 0 Å². The van der Waals surface area contributed by atoms with Crippen LogP contribution in [0.5, 0.6) is 5.75 Å². The van der Waals surface area contributed by atoms with Crippen LogP contribution in [-0.4, -0.2) is 22.6 Å². The second kappa shape index (κ2) is 7.44. The van der Waals surface area contributed by atoms with Crippen LogP contribution in [-0.2, 0) is 17.9 Å². The summed E-state index contributed by atoms with van der Waals surface area (Å²) in [5, 5.41) is 8.63. The minimum atomic E-state index is 0.453. The molecule has 0 amide bonds. The minimum absolute atomic E-state index is 0.453. The van der Waals surface area contributed by atoms with E-state index < -0.39 is 0 Å². The third-order valence-electron chi connectivity index (χ3n) is 4.59. The summed E-state index contributed by atoms with van der Waals surface area (Å²) in [5.41, 5.74) is 5.57. The largest absolute Gasteiger partial charge is 0.497 e. The van der Waals surface area contributed by atoms with Gasteiger partial charge in [-0.3, -0.25) is 0 Å². The molecule has 1 aliphatic carbocycles. The molecule has 0 aliphatic heterocycles. The van der Waals surface area contributed by atoms with Gasteiger partial charge in [0.2, 0.25) is 0 Å². The van der Waals surface area contributed by atoms with Crippen molar-refractivity contribution in [3.8, 4) is 11.4 Å². The first-order valence-corrected chi connectivity index (χ1v) is 8.78. The Hall–Kier alpha value is -3.08. The van der Waals surface area contributed by atoms with E-state index in [0.29, 0.717) is 6.61 Å². The van der Waals surface area contributed by atoms with Crippen LogP contribution in [0, 0.1) is 0 Å². The number of hydrogen-bond donors (Lipinski definition) is 0. The van der Waals surface area contributed by atoms with Crippen molar-refractivity contribution in [2.24, 2.45) is 5.16 Å². The molecular weight excluding hydrogens is 326 g/mol. The van der Waals surface area contributed by atoms with Gasteiger partial charge in [0, 0.05) is 18.0 Å². The van der Waals surface area contributed by atoms with Crippen LogP contribution in [0.2, 0.25) is 0 Å². The van der Waals surface area contributed by atoms with Crippen molar-refractivity contribution in [1.29, 1.82) is 0 Å². The average molecular weight is 347 g/mol. The fourth-order valence-electron chi connectivity index (χ4n) is 3.21. The number of methoxy groups -OCH3 is 1. The number of nitrogens with zero attached hydrogens (tertiary/aromatic N) is 3.